The van der Waals surface area contributed by atoms with Crippen molar-refractivity contribution in [2.45, 2.75) is 49.0 Å². The summed E-state index contributed by atoms with van der Waals surface area (Å²) < 4.78 is 195. The molecule has 0 aromatic heterocycles. The summed E-state index contributed by atoms with van der Waals surface area (Å²) in [5.41, 5.74) is -7.02. The molecule has 168 valence electrons. The van der Waals surface area contributed by atoms with Crippen molar-refractivity contribution in [2.75, 3.05) is 6.61 Å². The van der Waals surface area contributed by atoms with Gasteiger partial charge in [-0.05, 0) is 6.92 Å². The average molecular weight is 458 g/mol. The molecule has 0 saturated heterocycles. The van der Waals surface area contributed by atoms with Gasteiger partial charge in [0.2, 0.25) is 0 Å². The van der Waals surface area contributed by atoms with E-state index in [4.69, 9.17) is 0 Å². The van der Waals surface area contributed by atoms with Crippen molar-refractivity contribution in [1.82, 2.24) is 0 Å². The Morgan fingerprint density at radius 1 is 0.643 bits per heavy atom. The van der Waals surface area contributed by atoms with E-state index < -0.39 is 54.7 Å². The largest absolute Gasteiger partial charge is 0.463 e. The molecule has 0 fully saturated rings. The van der Waals surface area contributed by atoms with Crippen LogP contribution in [-0.2, 0) is 14.3 Å². The lowest BCUT2D eigenvalue weighted by atomic mass is 10.0. The third kappa shape index (κ3) is 3.91. The molecule has 3 nitrogen and oxygen atoms in total. The normalized spacial score (nSPS) is 15.6. The number of hydrogen-bond acceptors (Lipinski definition) is 3. The molecule has 0 aromatic carbocycles. The summed E-state index contributed by atoms with van der Waals surface area (Å²) in [6.07, 6.45) is -30.2. The number of halogens is 15. The molecule has 0 aliphatic rings. The van der Waals surface area contributed by atoms with Gasteiger partial charge >= 0.3 is 48.1 Å². The van der Waals surface area contributed by atoms with E-state index in [1.54, 1.807) is 4.74 Å². The minimum atomic E-state index is -8.02. The summed E-state index contributed by atoms with van der Waals surface area (Å²) in [7, 11) is 0. The van der Waals surface area contributed by atoms with Crippen molar-refractivity contribution >= 4 is 5.97 Å². The van der Waals surface area contributed by atoms with E-state index in [1.165, 1.54) is 0 Å². The van der Waals surface area contributed by atoms with E-state index in [0.29, 0.717) is 6.92 Å². The summed E-state index contributed by atoms with van der Waals surface area (Å²) in [6, 6.07) is 0. The van der Waals surface area contributed by atoms with Crippen molar-refractivity contribution in [2.24, 2.45) is 0 Å². The Balaban J connectivity index is 6.74. The smallest absolute Gasteiger partial charge is 0.460 e. The Morgan fingerprint density at radius 3 is 1.25 bits per heavy atom. The predicted octanol–water partition coefficient (Wildman–Crippen LogP) is 4.86. The molecular formula is C10H5F15O3. The van der Waals surface area contributed by atoms with Crippen LogP contribution in [0.25, 0.3) is 0 Å². The van der Waals surface area contributed by atoms with Gasteiger partial charge in [-0.15, -0.1) is 0 Å². The lowest BCUT2D eigenvalue weighted by Gasteiger charge is -2.40. The summed E-state index contributed by atoms with van der Waals surface area (Å²) in [6.45, 7) is -0.906. The van der Waals surface area contributed by atoms with E-state index in [-0.39, 0.29) is 0 Å². The fourth-order valence-electron chi connectivity index (χ4n) is 1.40. The van der Waals surface area contributed by atoms with Crippen molar-refractivity contribution in [1.29, 1.82) is 0 Å². The van der Waals surface area contributed by atoms with Gasteiger partial charge in [-0.1, -0.05) is 0 Å². The number of alkyl halides is 15. The highest BCUT2D eigenvalue weighted by molar-refractivity contribution is 5.82. The number of hydrogen-bond donors (Lipinski definition) is 0. The summed E-state index contributed by atoms with van der Waals surface area (Å²) in [5, 5.41) is 0. The third-order valence-corrected chi connectivity index (χ3v) is 2.76. The van der Waals surface area contributed by atoms with Gasteiger partial charge in [0.25, 0.3) is 0 Å². The summed E-state index contributed by atoms with van der Waals surface area (Å²) >= 11 is 0. The van der Waals surface area contributed by atoms with Crippen LogP contribution in [-0.4, -0.2) is 54.7 Å². The first kappa shape index (κ1) is 26.4. The zero-order chi connectivity index (χ0) is 23.2. The fourth-order valence-corrected chi connectivity index (χ4v) is 1.40. The van der Waals surface area contributed by atoms with Crippen LogP contribution in [0.2, 0.25) is 0 Å². The lowest BCUT2D eigenvalue weighted by Crippen LogP contribution is -2.71. The SMILES string of the molecule is CCOC(=O)C(OC(F)(F)C(F)(F)C(F)(F)C(F)(F)F)(C(F)(F)F)C(F)(F)F. The van der Waals surface area contributed by atoms with E-state index in [1.807, 2.05) is 0 Å². The van der Waals surface area contributed by atoms with Crippen LogP contribution in [0.3, 0.4) is 0 Å². The van der Waals surface area contributed by atoms with Gasteiger partial charge < -0.3 is 4.74 Å². The van der Waals surface area contributed by atoms with Gasteiger partial charge in [-0.3, -0.25) is 4.74 Å². The molecule has 0 N–H and O–H groups in total. The molecule has 0 atom stereocenters. The zero-order valence-corrected chi connectivity index (χ0v) is 12.6. The first-order valence-corrected chi connectivity index (χ1v) is 6.15. The number of rotatable bonds is 6. The molecule has 0 aliphatic carbocycles. The van der Waals surface area contributed by atoms with E-state index in [2.05, 4.69) is 4.74 Å². The van der Waals surface area contributed by atoms with E-state index in [9.17, 15) is 70.7 Å². The molecule has 0 bridgehead atoms. The standard InChI is InChI=1S/C10H5F15O3/c1-2-27-3(26)4(7(15,16)17,8(18,19)20)28-10(24,25)6(13,14)5(11,12)9(21,22)23/h2H2,1H3. The summed E-state index contributed by atoms with van der Waals surface area (Å²) in [5.74, 6) is -19.8. The maximum absolute atomic E-state index is 13.2. The van der Waals surface area contributed by atoms with Gasteiger partial charge in [0.1, 0.15) is 0 Å². The number of ether oxygens (including phenoxy) is 2. The number of esters is 1. The van der Waals surface area contributed by atoms with Crippen LogP contribution in [0.1, 0.15) is 6.92 Å². The molecule has 0 rings (SSSR count). The Kier molecular flexibility index (Phi) is 6.61. The molecule has 0 aromatic rings. The molecule has 18 heteroatoms. The molecule has 0 saturated carbocycles. The molecule has 0 aliphatic heterocycles. The van der Waals surface area contributed by atoms with Crippen LogP contribution in [0.5, 0.6) is 0 Å². The maximum atomic E-state index is 13.2. The fraction of sp³-hybridized carbons (Fsp3) is 0.900. The quantitative estimate of drug-likeness (QED) is 0.422. The van der Waals surface area contributed by atoms with Gasteiger partial charge in [0.15, 0.2) is 0 Å². The third-order valence-electron chi connectivity index (χ3n) is 2.76. The highest BCUT2D eigenvalue weighted by Crippen LogP contribution is 2.57. The van der Waals surface area contributed by atoms with Crippen LogP contribution in [0, 0.1) is 0 Å². The van der Waals surface area contributed by atoms with E-state index in [0.717, 1.165) is 0 Å². The molecule has 0 amide bonds. The highest BCUT2D eigenvalue weighted by atomic mass is 19.4. The van der Waals surface area contributed by atoms with Crippen molar-refractivity contribution in [3.05, 3.63) is 0 Å². The topological polar surface area (TPSA) is 35.5 Å². The second-order valence-corrected chi connectivity index (χ2v) is 4.66. The summed E-state index contributed by atoms with van der Waals surface area (Å²) in [4.78, 5) is 11.0. The van der Waals surface area contributed by atoms with E-state index >= 15 is 0 Å². The van der Waals surface area contributed by atoms with Crippen LogP contribution < -0.4 is 0 Å². The van der Waals surface area contributed by atoms with Crippen molar-refractivity contribution in [3.8, 4) is 0 Å². The van der Waals surface area contributed by atoms with Crippen LogP contribution >= 0.6 is 0 Å². The minimum absolute atomic E-state index is 0.514. The molecule has 0 radical (unpaired) electrons. The van der Waals surface area contributed by atoms with Gasteiger partial charge in [0.05, 0.1) is 6.61 Å². The Labute approximate surface area is 143 Å². The van der Waals surface area contributed by atoms with Gasteiger partial charge in [0, 0.05) is 0 Å². The Morgan fingerprint density at radius 2 is 1.00 bits per heavy atom. The molecule has 28 heavy (non-hydrogen) atoms. The zero-order valence-electron chi connectivity index (χ0n) is 12.6. The maximum Gasteiger partial charge on any atom is 0.460 e. The van der Waals surface area contributed by atoms with Crippen molar-refractivity contribution < 1.29 is 80.1 Å². The van der Waals surface area contributed by atoms with Gasteiger partial charge in [-0.25, -0.2) is 4.79 Å². The second-order valence-electron chi connectivity index (χ2n) is 4.66. The average Bonchev–Trinajstić information content (AvgIpc) is 2.40. The number of carbonyl (C=O) groups is 1. The first-order chi connectivity index (χ1) is 11.9. The van der Waals surface area contributed by atoms with Crippen LogP contribution in [0.15, 0.2) is 0 Å². The second kappa shape index (κ2) is 7.01. The molecular weight excluding hydrogens is 453 g/mol. The number of carbonyl (C=O) groups excluding carboxylic acids is 1. The lowest BCUT2D eigenvalue weighted by molar-refractivity contribution is -0.491. The first-order valence-electron chi connectivity index (χ1n) is 6.15. The highest BCUT2D eigenvalue weighted by Gasteiger charge is 2.88. The molecule has 0 spiro atoms. The Bertz CT molecular complexity index is 556. The van der Waals surface area contributed by atoms with Gasteiger partial charge in [-0.2, -0.15) is 65.9 Å². The predicted molar refractivity (Wildman–Crippen MR) is 53.5 cm³/mol. The molecule has 0 heterocycles. The molecule has 0 unspecified atom stereocenters. The monoisotopic (exact) mass is 458 g/mol. The van der Waals surface area contributed by atoms with Crippen LogP contribution in [0.4, 0.5) is 65.9 Å². The van der Waals surface area contributed by atoms with Crippen molar-refractivity contribution in [3.63, 3.8) is 0 Å². The minimum Gasteiger partial charge on any atom is -0.463 e. The Hall–Kier alpha value is -1.62.